The van der Waals surface area contributed by atoms with Crippen LogP contribution in [0.15, 0.2) is 66.7 Å². The number of rotatable bonds is 9. The first-order valence-electron chi connectivity index (χ1n) is 11.7. The Labute approximate surface area is 235 Å². The Kier molecular flexibility index (Phi) is 10.9. The second kappa shape index (κ2) is 14.3. The number of hydrogen-bond acceptors (Lipinski definition) is 6. The molecule has 0 fully saturated rings. The average Bonchev–Trinajstić information content (AvgIpc) is 2.90. The Morgan fingerprint density at radius 3 is 2.00 bits per heavy atom. The van der Waals surface area contributed by atoms with Crippen LogP contribution in [0.1, 0.15) is 34.0 Å². The van der Waals surface area contributed by atoms with E-state index in [-0.39, 0.29) is 18.0 Å². The fourth-order valence-electron chi connectivity index (χ4n) is 3.42. The van der Waals surface area contributed by atoms with E-state index in [1.165, 1.54) is 24.5 Å². The number of carbonyl (C=O) groups excluding carboxylic acids is 3. The van der Waals surface area contributed by atoms with Crippen molar-refractivity contribution in [3.05, 3.63) is 99.0 Å². The smallest absolute Gasteiger partial charge is 0.268 e. The van der Waals surface area contributed by atoms with Crippen LogP contribution < -0.4 is 21.4 Å². The van der Waals surface area contributed by atoms with Crippen LogP contribution >= 0.6 is 23.2 Å². The van der Waals surface area contributed by atoms with Crippen molar-refractivity contribution in [3.63, 3.8) is 0 Å². The molecule has 6 N–H and O–H groups in total. The molecule has 3 rings (SSSR count). The van der Waals surface area contributed by atoms with E-state index >= 15 is 0 Å². The highest BCUT2D eigenvalue weighted by Crippen LogP contribution is 2.19. The molecule has 0 aromatic heterocycles. The first-order chi connectivity index (χ1) is 18.6. The van der Waals surface area contributed by atoms with Crippen molar-refractivity contribution in [2.75, 3.05) is 11.9 Å². The number of benzene rings is 3. The van der Waals surface area contributed by atoms with Crippen LogP contribution in [0.2, 0.25) is 10.0 Å². The highest BCUT2D eigenvalue weighted by Gasteiger charge is 2.25. The van der Waals surface area contributed by atoms with E-state index in [4.69, 9.17) is 28.4 Å². The van der Waals surface area contributed by atoms with Gasteiger partial charge in [-0.05, 0) is 79.2 Å². The fourth-order valence-corrected chi connectivity index (χ4v) is 4.00. The highest BCUT2D eigenvalue weighted by molar-refractivity contribution is 6.34. The summed E-state index contributed by atoms with van der Waals surface area (Å²) in [6, 6.07) is 17.3. The van der Waals surface area contributed by atoms with E-state index < -0.39 is 24.0 Å². The first-order valence-corrected chi connectivity index (χ1v) is 12.5. The van der Waals surface area contributed by atoms with Gasteiger partial charge in [0.15, 0.2) is 0 Å². The van der Waals surface area contributed by atoms with Crippen molar-refractivity contribution in [2.24, 2.45) is 0 Å². The molecule has 2 atom stereocenters. The highest BCUT2D eigenvalue weighted by atomic mass is 35.5. The van der Waals surface area contributed by atoms with Crippen LogP contribution in [0.5, 0.6) is 0 Å². The molecular weight excluding hydrogens is 543 g/mol. The van der Waals surface area contributed by atoms with Gasteiger partial charge in [-0.2, -0.15) is 0 Å². The van der Waals surface area contributed by atoms with Gasteiger partial charge in [0.05, 0.1) is 12.6 Å². The number of aliphatic hydroxyl groups excluding tert-OH is 1. The molecule has 3 amide bonds. The predicted molar refractivity (Wildman–Crippen MR) is 149 cm³/mol. The van der Waals surface area contributed by atoms with E-state index in [9.17, 15) is 19.5 Å². The second-order valence-corrected chi connectivity index (χ2v) is 9.37. The van der Waals surface area contributed by atoms with E-state index in [1.807, 2.05) is 0 Å². The van der Waals surface area contributed by atoms with Gasteiger partial charge in [-0.25, -0.2) is 5.48 Å². The van der Waals surface area contributed by atoms with Gasteiger partial charge in [-0.1, -0.05) is 35.0 Å². The molecule has 202 valence electrons. The van der Waals surface area contributed by atoms with Crippen LogP contribution in [0.3, 0.4) is 0 Å². The third-order valence-electron chi connectivity index (χ3n) is 5.37. The molecule has 0 aliphatic carbocycles. The summed E-state index contributed by atoms with van der Waals surface area (Å²) in [6.45, 7) is 1.86. The molecule has 9 nitrogen and oxygen atoms in total. The molecule has 0 aliphatic heterocycles. The van der Waals surface area contributed by atoms with Crippen LogP contribution in [-0.2, 0) is 16.1 Å². The maximum atomic E-state index is 12.4. The zero-order chi connectivity index (χ0) is 28.4. The van der Waals surface area contributed by atoms with Gasteiger partial charge < -0.3 is 21.1 Å². The van der Waals surface area contributed by atoms with Crippen molar-refractivity contribution >= 4 is 46.6 Å². The SMILES string of the molecule is C[C@@H](O)[C@H](NC(=O)c1ccc(C#Cc2ccc(NC(=O)CNCc3cc(Cl)cc(Cl)c3)cc2)cc1)C(=O)NO. The summed E-state index contributed by atoms with van der Waals surface area (Å²) < 4.78 is 0. The number of halogens is 2. The van der Waals surface area contributed by atoms with Gasteiger partial charge in [-0.3, -0.25) is 19.6 Å². The summed E-state index contributed by atoms with van der Waals surface area (Å²) in [5.41, 5.74) is 4.53. The molecule has 0 bridgehead atoms. The Morgan fingerprint density at radius 2 is 1.46 bits per heavy atom. The van der Waals surface area contributed by atoms with Crippen molar-refractivity contribution in [3.8, 4) is 11.8 Å². The number of carbonyl (C=O) groups is 3. The van der Waals surface area contributed by atoms with E-state index in [0.29, 0.717) is 27.8 Å². The lowest BCUT2D eigenvalue weighted by Gasteiger charge is -2.19. The Bertz CT molecular complexity index is 1360. The number of amides is 3. The molecule has 0 saturated heterocycles. The molecule has 0 radical (unpaired) electrons. The third kappa shape index (κ3) is 9.41. The first kappa shape index (κ1) is 29.6. The monoisotopic (exact) mass is 568 g/mol. The van der Waals surface area contributed by atoms with Gasteiger partial charge in [0.2, 0.25) is 5.91 Å². The average molecular weight is 569 g/mol. The van der Waals surface area contributed by atoms with Gasteiger partial charge in [0, 0.05) is 39.0 Å². The Morgan fingerprint density at radius 1 is 0.897 bits per heavy atom. The van der Waals surface area contributed by atoms with E-state index in [2.05, 4.69) is 27.8 Å². The zero-order valence-electron chi connectivity index (χ0n) is 20.8. The third-order valence-corrected chi connectivity index (χ3v) is 5.80. The molecule has 39 heavy (non-hydrogen) atoms. The molecule has 0 saturated carbocycles. The fraction of sp³-hybridized carbons (Fsp3) is 0.179. The largest absolute Gasteiger partial charge is 0.391 e. The van der Waals surface area contributed by atoms with Crippen LogP contribution in [0.25, 0.3) is 0 Å². The van der Waals surface area contributed by atoms with E-state index in [1.54, 1.807) is 54.6 Å². The number of hydroxylamine groups is 1. The summed E-state index contributed by atoms with van der Waals surface area (Å²) in [5.74, 6) is 4.27. The van der Waals surface area contributed by atoms with Crippen molar-refractivity contribution in [2.45, 2.75) is 25.6 Å². The summed E-state index contributed by atoms with van der Waals surface area (Å²) in [5, 5.41) is 27.7. The minimum atomic E-state index is -1.31. The van der Waals surface area contributed by atoms with Crippen molar-refractivity contribution < 1.29 is 24.7 Å². The minimum absolute atomic E-state index is 0.105. The van der Waals surface area contributed by atoms with E-state index in [0.717, 1.165) is 11.1 Å². The molecule has 0 heterocycles. The van der Waals surface area contributed by atoms with Crippen molar-refractivity contribution in [1.29, 1.82) is 0 Å². The summed E-state index contributed by atoms with van der Waals surface area (Å²) in [6.07, 6.45) is -1.21. The lowest BCUT2D eigenvalue weighted by molar-refractivity contribution is -0.133. The van der Waals surface area contributed by atoms with Gasteiger partial charge >= 0.3 is 0 Å². The second-order valence-electron chi connectivity index (χ2n) is 8.50. The normalized spacial score (nSPS) is 11.9. The number of aliphatic hydroxyl groups is 1. The molecule has 0 aliphatic rings. The van der Waals surface area contributed by atoms with Crippen LogP contribution in [-0.4, -0.2) is 46.7 Å². The maximum absolute atomic E-state index is 12.4. The lowest BCUT2D eigenvalue weighted by atomic mass is 10.1. The molecule has 11 heteroatoms. The van der Waals surface area contributed by atoms with Crippen LogP contribution in [0, 0.1) is 11.8 Å². The number of anilines is 1. The minimum Gasteiger partial charge on any atom is -0.391 e. The topological polar surface area (TPSA) is 140 Å². The number of nitrogens with one attached hydrogen (secondary N) is 4. The molecule has 3 aromatic carbocycles. The van der Waals surface area contributed by atoms with Gasteiger partial charge in [-0.15, -0.1) is 0 Å². The Balaban J connectivity index is 1.50. The summed E-state index contributed by atoms with van der Waals surface area (Å²) in [7, 11) is 0. The standard InChI is InChI=1S/C28H26Cl2N4O5/c1-17(35)26(28(38)34-39)33-27(37)21-8-4-18(5-9-21)2-3-19-6-10-24(11-7-19)32-25(36)16-31-15-20-12-22(29)14-23(30)13-20/h4-14,17,26,31,35,39H,15-16H2,1H3,(H,32,36)(H,33,37)(H,34,38)/t17-,26+/m1/s1. The van der Waals surface area contributed by atoms with Crippen molar-refractivity contribution in [1.82, 2.24) is 16.1 Å². The zero-order valence-corrected chi connectivity index (χ0v) is 22.3. The molecule has 0 unspecified atom stereocenters. The molecular formula is C28H26Cl2N4O5. The van der Waals surface area contributed by atoms with Gasteiger partial charge in [0.1, 0.15) is 6.04 Å². The maximum Gasteiger partial charge on any atom is 0.268 e. The molecule has 0 spiro atoms. The Hall–Kier alpha value is -3.91. The van der Waals surface area contributed by atoms with Gasteiger partial charge in [0.25, 0.3) is 11.8 Å². The predicted octanol–water partition coefficient (Wildman–Crippen LogP) is 3.11. The summed E-state index contributed by atoms with van der Waals surface area (Å²) in [4.78, 5) is 36.2. The number of hydrogen-bond donors (Lipinski definition) is 6. The van der Waals surface area contributed by atoms with Crippen LogP contribution in [0.4, 0.5) is 5.69 Å². The lowest BCUT2D eigenvalue weighted by Crippen LogP contribution is -2.51. The summed E-state index contributed by atoms with van der Waals surface area (Å²) >= 11 is 12.0. The quantitative estimate of drug-likeness (QED) is 0.133. The molecule has 3 aromatic rings.